The smallest absolute Gasteiger partial charge is 0.122 e. The molecule has 4 heteroatoms. The molecule has 1 N–H and O–H groups in total. The van der Waals surface area contributed by atoms with Crippen molar-refractivity contribution in [1.29, 1.82) is 0 Å². The number of methoxy groups -OCH3 is 2. The Bertz CT molecular complexity index is 383. The van der Waals surface area contributed by atoms with Gasteiger partial charge in [-0.1, -0.05) is 6.92 Å². The molecule has 0 saturated heterocycles. The average Bonchev–Trinajstić information content (AvgIpc) is 2.45. The Balaban J connectivity index is 3.13. The standard InChI is InChI=1S/C15H24O4/c1-6-15(3,19-7-2)14(16)11-8-12(17-4)10-13(9-11)18-5/h8-10,14,16H,6-7H2,1-5H3. The molecule has 0 aliphatic heterocycles. The van der Waals surface area contributed by atoms with E-state index in [1.807, 2.05) is 20.8 Å². The topological polar surface area (TPSA) is 47.9 Å². The monoisotopic (exact) mass is 268 g/mol. The van der Waals surface area contributed by atoms with Gasteiger partial charge in [0.25, 0.3) is 0 Å². The number of benzene rings is 1. The van der Waals surface area contributed by atoms with Crippen LogP contribution in [0.25, 0.3) is 0 Å². The van der Waals surface area contributed by atoms with Crippen LogP contribution in [-0.4, -0.2) is 31.5 Å². The van der Waals surface area contributed by atoms with E-state index in [-0.39, 0.29) is 0 Å². The van der Waals surface area contributed by atoms with Gasteiger partial charge < -0.3 is 19.3 Å². The van der Waals surface area contributed by atoms with Crippen LogP contribution in [0.4, 0.5) is 0 Å². The minimum Gasteiger partial charge on any atom is -0.497 e. The lowest BCUT2D eigenvalue weighted by atomic mass is 9.90. The summed E-state index contributed by atoms with van der Waals surface area (Å²) in [5.41, 5.74) is 0.112. The van der Waals surface area contributed by atoms with Gasteiger partial charge in [-0.2, -0.15) is 0 Å². The quantitative estimate of drug-likeness (QED) is 0.826. The summed E-state index contributed by atoms with van der Waals surface area (Å²) in [4.78, 5) is 0. The molecular formula is C15H24O4. The van der Waals surface area contributed by atoms with Crippen molar-refractivity contribution in [3.63, 3.8) is 0 Å². The van der Waals surface area contributed by atoms with E-state index < -0.39 is 11.7 Å². The molecule has 1 aromatic carbocycles. The van der Waals surface area contributed by atoms with Gasteiger partial charge in [0.15, 0.2) is 0 Å². The third-order valence-electron chi connectivity index (χ3n) is 3.44. The first-order valence-electron chi connectivity index (χ1n) is 6.55. The van der Waals surface area contributed by atoms with Crippen LogP contribution in [0.2, 0.25) is 0 Å². The lowest BCUT2D eigenvalue weighted by Crippen LogP contribution is -2.35. The first-order valence-corrected chi connectivity index (χ1v) is 6.55. The van der Waals surface area contributed by atoms with Gasteiger partial charge in [0.1, 0.15) is 17.6 Å². The van der Waals surface area contributed by atoms with Crippen molar-refractivity contribution in [2.75, 3.05) is 20.8 Å². The summed E-state index contributed by atoms with van der Waals surface area (Å²) in [5, 5.41) is 10.6. The van der Waals surface area contributed by atoms with Crippen molar-refractivity contribution in [2.24, 2.45) is 0 Å². The van der Waals surface area contributed by atoms with Crippen molar-refractivity contribution in [2.45, 2.75) is 38.9 Å². The van der Waals surface area contributed by atoms with E-state index in [4.69, 9.17) is 14.2 Å². The third kappa shape index (κ3) is 3.61. The van der Waals surface area contributed by atoms with Gasteiger partial charge in [-0.15, -0.1) is 0 Å². The largest absolute Gasteiger partial charge is 0.497 e. The molecule has 0 radical (unpaired) electrons. The third-order valence-corrected chi connectivity index (χ3v) is 3.44. The fourth-order valence-electron chi connectivity index (χ4n) is 2.04. The molecular weight excluding hydrogens is 244 g/mol. The van der Waals surface area contributed by atoms with Crippen LogP contribution in [0.3, 0.4) is 0 Å². The maximum atomic E-state index is 10.6. The molecule has 0 aromatic heterocycles. The predicted molar refractivity (Wildman–Crippen MR) is 74.8 cm³/mol. The minimum absolute atomic E-state index is 0.558. The van der Waals surface area contributed by atoms with Crippen molar-refractivity contribution in [1.82, 2.24) is 0 Å². The molecule has 0 spiro atoms. The van der Waals surface area contributed by atoms with E-state index in [2.05, 4.69) is 0 Å². The predicted octanol–water partition coefficient (Wildman–Crippen LogP) is 2.94. The van der Waals surface area contributed by atoms with E-state index >= 15 is 0 Å². The summed E-state index contributed by atoms with van der Waals surface area (Å²) in [6.45, 7) is 6.39. The van der Waals surface area contributed by atoms with Gasteiger partial charge in [-0.3, -0.25) is 0 Å². The fraction of sp³-hybridized carbons (Fsp3) is 0.600. The lowest BCUT2D eigenvalue weighted by Gasteiger charge is -2.33. The van der Waals surface area contributed by atoms with Crippen molar-refractivity contribution < 1.29 is 19.3 Å². The molecule has 0 saturated carbocycles. The number of rotatable bonds is 7. The Morgan fingerprint density at radius 2 is 1.63 bits per heavy atom. The summed E-state index contributed by atoms with van der Waals surface area (Å²) in [6.07, 6.45) is -0.0249. The van der Waals surface area contributed by atoms with E-state index in [9.17, 15) is 5.11 Å². The highest BCUT2D eigenvalue weighted by molar-refractivity contribution is 5.40. The fourth-order valence-corrected chi connectivity index (χ4v) is 2.04. The zero-order valence-corrected chi connectivity index (χ0v) is 12.4. The van der Waals surface area contributed by atoms with Crippen LogP contribution in [0.5, 0.6) is 11.5 Å². The van der Waals surface area contributed by atoms with Crippen LogP contribution in [-0.2, 0) is 4.74 Å². The maximum Gasteiger partial charge on any atom is 0.122 e. The Labute approximate surface area is 115 Å². The zero-order valence-electron chi connectivity index (χ0n) is 12.4. The highest BCUT2D eigenvalue weighted by Gasteiger charge is 2.33. The van der Waals surface area contributed by atoms with Gasteiger partial charge in [0, 0.05) is 12.7 Å². The normalized spacial score (nSPS) is 15.7. The number of ether oxygens (including phenoxy) is 3. The molecule has 0 heterocycles. The summed E-state index contributed by atoms with van der Waals surface area (Å²) in [5.74, 6) is 1.31. The van der Waals surface area contributed by atoms with Gasteiger partial charge in [-0.25, -0.2) is 0 Å². The molecule has 0 aliphatic carbocycles. The van der Waals surface area contributed by atoms with Crippen molar-refractivity contribution in [3.8, 4) is 11.5 Å². The average molecular weight is 268 g/mol. The highest BCUT2D eigenvalue weighted by Crippen LogP contribution is 2.35. The molecule has 0 bridgehead atoms. The van der Waals surface area contributed by atoms with Gasteiger partial charge in [0.2, 0.25) is 0 Å². The number of hydrogen-bond donors (Lipinski definition) is 1. The van der Waals surface area contributed by atoms with E-state index in [1.165, 1.54) is 0 Å². The molecule has 4 nitrogen and oxygen atoms in total. The second-order valence-electron chi connectivity index (χ2n) is 4.65. The van der Waals surface area contributed by atoms with Crippen LogP contribution < -0.4 is 9.47 Å². The number of aliphatic hydroxyl groups excluding tert-OH is 1. The molecule has 1 rings (SSSR count). The Morgan fingerprint density at radius 3 is 2.00 bits per heavy atom. The second kappa shape index (κ2) is 6.78. The second-order valence-corrected chi connectivity index (χ2v) is 4.65. The Morgan fingerprint density at radius 1 is 1.11 bits per heavy atom. The number of aliphatic hydroxyl groups is 1. The van der Waals surface area contributed by atoms with Crippen LogP contribution in [0, 0.1) is 0 Å². The summed E-state index contributed by atoms with van der Waals surface area (Å²) < 4.78 is 16.2. The molecule has 108 valence electrons. The summed E-state index contributed by atoms with van der Waals surface area (Å²) in [6, 6.07) is 5.39. The molecule has 0 fully saturated rings. The minimum atomic E-state index is -0.735. The first-order chi connectivity index (χ1) is 9.00. The first kappa shape index (κ1) is 15.8. The summed E-state index contributed by atoms with van der Waals surface area (Å²) in [7, 11) is 3.18. The van der Waals surface area contributed by atoms with Gasteiger partial charge in [-0.05, 0) is 38.0 Å². The highest BCUT2D eigenvalue weighted by atomic mass is 16.5. The van der Waals surface area contributed by atoms with E-state index in [1.54, 1.807) is 32.4 Å². The summed E-state index contributed by atoms with van der Waals surface area (Å²) >= 11 is 0. The molecule has 0 aliphatic rings. The number of hydrogen-bond acceptors (Lipinski definition) is 4. The molecule has 19 heavy (non-hydrogen) atoms. The Kier molecular flexibility index (Phi) is 5.63. The molecule has 0 amide bonds. The molecule has 2 atom stereocenters. The van der Waals surface area contributed by atoms with Gasteiger partial charge in [0.05, 0.1) is 19.8 Å². The van der Waals surface area contributed by atoms with Crippen LogP contribution in [0.1, 0.15) is 38.9 Å². The van der Waals surface area contributed by atoms with Crippen LogP contribution in [0.15, 0.2) is 18.2 Å². The molecule has 2 unspecified atom stereocenters. The maximum absolute atomic E-state index is 10.6. The zero-order chi connectivity index (χ0) is 14.5. The SMILES string of the molecule is CCOC(C)(CC)C(O)c1cc(OC)cc(OC)c1. The lowest BCUT2D eigenvalue weighted by molar-refractivity contribution is -0.113. The van der Waals surface area contributed by atoms with E-state index in [0.717, 1.165) is 5.56 Å². The van der Waals surface area contributed by atoms with Crippen molar-refractivity contribution >= 4 is 0 Å². The van der Waals surface area contributed by atoms with Crippen LogP contribution >= 0.6 is 0 Å². The van der Waals surface area contributed by atoms with E-state index in [0.29, 0.717) is 24.5 Å². The van der Waals surface area contributed by atoms with Crippen molar-refractivity contribution in [3.05, 3.63) is 23.8 Å². The molecule has 1 aromatic rings. The van der Waals surface area contributed by atoms with Gasteiger partial charge >= 0.3 is 0 Å². The Hall–Kier alpha value is -1.26.